The summed E-state index contributed by atoms with van der Waals surface area (Å²) in [5.74, 6) is 0. The van der Waals surface area contributed by atoms with Crippen molar-refractivity contribution in [3.8, 4) is 0 Å². The van der Waals surface area contributed by atoms with Gasteiger partial charge in [0, 0.05) is 18.8 Å². The van der Waals surface area contributed by atoms with Gasteiger partial charge >= 0.3 is 12.3 Å². The molecule has 0 aliphatic rings. The minimum absolute atomic E-state index is 0. The van der Waals surface area contributed by atoms with Crippen LogP contribution in [0.15, 0.2) is 24.3 Å². The number of ether oxygens (including phenoxy) is 1. The lowest BCUT2D eigenvalue weighted by Crippen LogP contribution is -2.37. The normalized spacial score (nSPS) is 11.0. The van der Waals surface area contributed by atoms with E-state index in [1.807, 2.05) is 19.0 Å². The maximum Gasteiger partial charge on any atom is 0.416 e. The van der Waals surface area contributed by atoms with E-state index in [4.69, 9.17) is 4.74 Å². The zero-order valence-electron chi connectivity index (χ0n) is 12.7. The van der Waals surface area contributed by atoms with Crippen molar-refractivity contribution in [2.75, 3.05) is 38.7 Å². The highest BCUT2D eigenvalue weighted by Gasteiger charge is 2.31. The highest BCUT2D eigenvalue weighted by Crippen LogP contribution is 2.31. The number of alkyl halides is 3. The molecule has 0 heterocycles. The Balaban J connectivity index is 0.00000441. The van der Waals surface area contributed by atoms with Gasteiger partial charge < -0.3 is 9.64 Å². The summed E-state index contributed by atoms with van der Waals surface area (Å²) in [6.07, 6.45) is -5.10. The Hall–Kier alpha value is -1.47. The average molecular weight is 341 g/mol. The fourth-order valence-corrected chi connectivity index (χ4v) is 1.68. The molecule has 126 valence electrons. The molecule has 4 nitrogen and oxygen atoms in total. The van der Waals surface area contributed by atoms with E-state index in [2.05, 4.69) is 0 Å². The zero-order valence-corrected chi connectivity index (χ0v) is 13.5. The number of hydrogen-bond donors (Lipinski definition) is 0. The van der Waals surface area contributed by atoms with Crippen molar-refractivity contribution in [2.45, 2.75) is 13.1 Å². The van der Waals surface area contributed by atoms with E-state index in [1.165, 1.54) is 17.0 Å². The average Bonchev–Trinajstić information content (AvgIpc) is 2.38. The van der Waals surface area contributed by atoms with Gasteiger partial charge in [-0.2, -0.15) is 13.2 Å². The third-order valence-corrected chi connectivity index (χ3v) is 2.74. The summed E-state index contributed by atoms with van der Waals surface area (Å²) in [5.41, 5.74) is -0.621. The molecule has 0 spiro atoms. The molecule has 0 N–H and O–H groups in total. The van der Waals surface area contributed by atoms with Crippen molar-refractivity contribution in [3.63, 3.8) is 0 Å². The minimum atomic E-state index is -4.45. The molecular formula is C14H20ClF3N2O2. The van der Waals surface area contributed by atoms with Crippen LogP contribution in [0.1, 0.15) is 12.5 Å². The Morgan fingerprint density at radius 1 is 1.23 bits per heavy atom. The largest absolute Gasteiger partial charge is 0.449 e. The summed E-state index contributed by atoms with van der Waals surface area (Å²) >= 11 is 0. The highest BCUT2D eigenvalue weighted by molar-refractivity contribution is 5.87. The first-order valence-electron chi connectivity index (χ1n) is 6.52. The van der Waals surface area contributed by atoms with E-state index >= 15 is 0 Å². The van der Waals surface area contributed by atoms with Gasteiger partial charge in [-0.25, -0.2) is 4.79 Å². The Labute approximate surface area is 134 Å². The Morgan fingerprint density at radius 3 is 2.36 bits per heavy atom. The Kier molecular flexibility index (Phi) is 8.26. The quantitative estimate of drug-likeness (QED) is 0.820. The van der Waals surface area contributed by atoms with Crippen molar-refractivity contribution in [1.82, 2.24) is 4.90 Å². The fourth-order valence-electron chi connectivity index (χ4n) is 1.68. The van der Waals surface area contributed by atoms with Crippen LogP contribution in [0.25, 0.3) is 0 Å². The molecule has 22 heavy (non-hydrogen) atoms. The summed E-state index contributed by atoms with van der Waals surface area (Å²) in [6.45, 7) is 2.56. The van der Waals surface area contributed by atoms with Crippen LogP contribution < -0.4 is 4.90 Å². The summed E-state index contributed by atoms with van der Waals surface area (Å²) in [7, 11) is 3.63. The number of halogens is 4. The van der Waals surface area contributed by atoms with Gasteiger partial charge in [0.2, 0.25) is 0 Å². The van der Waals surface area contributed by atoms with Crippen molar-refractivity contribution in [2.24, 2.45) is 0 Å². The Morgan fingerprint density at radius 2 is 1.86 bits per heavy atom. The molecule has 0 bridgehead atoms. The van der Waals surface area contributed by atoms with Crippen LogP contribution in [0.2, 0.25) is 0 Å². The summed E-state index contributed by atoms with van der Waals surface area (Å²) in [6, 6.07) is 4.66. The van der Waals surface area contributed by atoms with Crippen molar-refractivity contribution < 1.29 is 22.7 Å². The van der Waals surface area contributed by atoms with Gasteiger partial charge in [0.15, 0.2) is 0 Å². The van der Waals surface area contributed by atoms with Crippen LogP contribution in [0.4, 0.5) is 23.7 Å². The second-order valence-corrected chi connectivity index (χ2v) is 4.70. The van der Waals surface area contributed by atoms with Crippen molar-refractivity contribution in [3.05, 3.63) is 29.8 Å². The molecule has 0 saturated carbocycles. The number of carbonyl (C=O) groups is 1. The lowest BCUT2D eigenvalue weighted by molar-refractivity contribution is -0.137. The lowest BCUT2D eigenvalue weighted by atomic mass is 10.2. The molecular weight excluding hydrogens is 321 g/mol. The SMILES string of the molecule is CCOC(=O)N(CCN(C)C)c1cccc(C(F)(F)F)c1.Cl. The van der Waals surface area contributed by atoms with Gasteiger partial charge in [-0.3, -0.25) is 4.90 Å². The molecule has 0 aromatic heterocycles. The van der Waals surface area contributed by atoms with Crippen LogP contribution >= 0.6 is 12.4 Å². The van der Waals surface area contributed by atoms with Gasteiger partial charge in [-0.15, -0.1) is 12.4 Å². The van der Waals surface area contributed by atoms with Crippen molar-refractivity contribution >= 4 is 24.2 Å². The zero-order chi connectivity index (χ0) is 16.0. The van der Waals surface area contributed by atoms with Gasteiger partial charge in [0.05, 0.1) is 12.2 Å². The third kappa shape index (κ3) is 6.11. The molecule has 0 aliphatic heterocycles. The van der Waals surface area contributed by atoms with Crippen LogP contribution in [0.5, 0.6) is 0 Å². The smallest absolute Gasteiger partial charge is 0.416 e. The number of amides is 1. The second-order valence-electron chi connectivity index (χ2n) is 4.70. The van der Waals surface area contributed by atoms with E-state index in [1.54, 1.807) is 6.92 Å². The minimum Gasteiger partial charge on any atom is -0.449 e. The number of benzene rings is 1. The van der Waals surface area contributed by atoms with E-state index in [0.717, 1.165) is 12.1 Å². The molecule has 1 aromatic carbocycles. The molecule has 0 fully saturated rings. The topological polar surface area (TPSA) is 32.8 Å². The number of nitrogens with zero attached hydrogens (tertiary/aromatic N) is 2. The summed E-state index contributed by atoms with van der Waals surface area (Å²) < 4.78 is 43.2. The van der Waals surface area contributed by atoms with E-state index in [9.17, 15) is 18.0 Å². The van der Waals surface area contributed by atoms with E-state index in [-0.39, 0.29) is 31.2 Å². The number of carbonyl (C=O) groups excluding carboxylic acids is 1. The molecule has 0 saturated heterocycles. The molecule has 0 unspecified atom stereocenters. The van der Waals surface area contributed by atoms with Crippen LogP contribution in [-0.4, -0.2) is 44.8 Å². The van der Waals surface area contributed by atoms with Crippen molar-refractivity contribution in [1.29, 1.82) is 0 Å². The number of hydrogen-bond acceptors (Lipinski definition) is 3. The second kappa shape index (κ2) is 8.85. The fraction of sp³-hybridized carbons (Fsp3) is 0.500. The number of anilines is 1. The van der Waals surface area contributed by atoms with E-state index < -0.39 is 17.8 Å². The molecule has 1 amide bonds. The number of rotatable bonds is 5. The monoisotopic (exact) mass is 340 g/mol. The van der Waals surface area contributed by atoms with Gasteiger partial charge in [0.25, 0.3) is 0 Å². The highest BCUT2D eigenvalue weighted by atomic mass is 35.5. The first-order chi connectivity index (χ1) is 9.75. The first kappa shape index (κ1) is 20.5. The van der Waals surface area contributed by atoms with Gasteiger partial charge in [-0.05, 0) is 39.2 Å². The van der Waals surface area contributed by atoms with Gasteiger partial charge in [-0.1, -0.05) is 6.07 Å². The molecule has 0 atom stereocenters. The third-order valence-electron chi connectivity index (χ3n) is 2.74. The first-order valence-corrected chi connectivity index (χ1v) is 6.52. The van der Waals surface area contributed by atoms with Crippen LogP contribution in [0, 0.1) is 0 Å². The molecule has 1 aromatic rings. The van der Waals surface area contributed by atoms with E-state index in [0.29, 0.717) is 6.54 Å². The number of likely N-dealkylation sites (N-methyl/N-ethyl adjacent to an activating group) is 1. The van der Waals surface area contributed by atoms with Crippen LogP contribution in [-0.2, 0) is 10.9 Å². The molecule has 1 rings (SSSR count). The predicted octanol–water partition coefficient (Wildman–Crippen LogP) is 3.65. The molecule has 8 heteroatoms. The summed E-state index contributed by atoms with van der Waals surface area (Å²) in [5, 5.41) is 0. The lowest BCUT2D eigenvalue weighted by Gasteiger charge is -2.24. The maximum atomic E-state index is 12.8. The summed E-state index contributed by atoms with van der Waals surface area (Å²) in [4.78, 5) is 15.0. The predicted molar refractivity (Wildman–Crippen MR) is 81.6 cm³/mol. The maximum absolute atomic E-state index is 12.8. The van der Waals surface area contributed by atoms with Crippen LogP contribution in [0.3, 0.4) is 0 Å². The van der Waals surface area contributed by atoms with Gasteiger partial charge in [0.1, 0.15) is 0 Å². The standard InChI is InChI=1S/C14H19F3N2O2.ClH/c1-4-21-13(20)19(9-8-18(2)3)12-7-5-6-11(10-12)14(15,16)17;/h5-7,10H,4,8-9H2,1-3H3;1H. The molecule has 0 aliphatic carbocycles. The Bertz CT molecular complexity index is 481. The molecule has 0 radical (unpaired) electrons.